The first kappa shape index (κ1) is 13.1. The van der Waals surface area contributed by atoms with Gasteiger partial charge in [0.2, 0.25) is 5.91 Å². The van der Waals surface area contributed by atoms with E-state index in [0.717, 1.165) is 10.5 Å². The monoisotopic (exact) mass is 239 g/mol. The second kappa shape index (κ2) is 7.30. The lowest BCUT2D eigenvalue weighted by molar-refractivity contribution is -0.120. The van der Waals surface area contributed by atoms with E-state index in [-0.39, 0.29) is 12.5 Å². The largest absolute Gasteiger partial charge is 0.396 e. The quantitative estimate of drug-likeness (QED) is 0.583. The number of hydrogen-bond acceptors (Lipinski definition) is 3. The summed E-state index contributed by atoms with van der Waals surface area (Å²) in [7, 11) is 0. The van der Waals surface area contributed by atoms with E-state index >= 15 is 0 Å². The van der Waals surface area contributed by atoms with Crippen molar-refractivity contribution >= 4 is 17.7 Å². The number of carbonyl (C=O) groups excluding carboxylic acids is 1. The molecule has 0 aromatic heterocycles. The second-order valence-corrected chi connectivity index (χ2v) is 4.26. The van der Waals surface area contributed by atoms with Crippen LogP contribution in [0.3, 0.4) is 0 Å². The number of benzene rings is 1. The zero-order valence-corrected chi connectivity index (χ0v) is 10.2. The Morgan fingerprint density at radius 1 is 1.44 bits per heavy atom. The van der Waals surface area contributed by atoms with Gasteiger partial charge in [0.15, 0.2) is 0 Å². The molecule has 0 bridgehead atoms. The van der Waals surface area contributed by atoms with Crippen LogP contribution in [0.2, 0.25) is 0 Å². The maximum atomic E-state index is 11.6. The van der Waals surface area contributed by atoms with Crippen molar-refractivity contribution in [3.8, 4) is 0 Å². The van der Waals surface area contributed by atoms with Crippen molar-refractivity contribution in [2.45, 2.75) is 17.7 Å². The van der Waals surface area contributed by atoms with Crippen molar-refractivity contribution < 1.29 is 9.90 Å². The summed E-state index contributed by atoms with van der Waals surface area (Å²) in [5.74, 6) is 0.00921. The first-order valence-electron chi connectivity index (χ1n) is 5.27. The SMILES string of the molecule is CSc1ccccc1CC(=O)NCCCO. The average Bonchev–Trinajstić information content (AvgIpc) is 2.30. The molecule has 0 radical (unpaired) electrons. The molecule has 0 saturated heterocycles. The van der Waals surface area contributed by atoms with Crippen LogP contribution in [0.1, 0.15) is 12.0 Å². The summed E-state index contributed by atoms with van der Waals surface area (Å²) in [5.41, 5.74) is 1.05. The molecular weight excluding hydrogens is 222 g/mol. The van der Waals surface area contributed by atoms with Crippen LogP contribution in [0.15, 0.2) is 29.2 Å². The van der Waals surface area contributed by atoms with Gasteiger partial charge < -0.3 is 10.4 Å². The van der Waals surface area contributed by atoms with Gasteiger partial charge in [0.25, 0.3) is 0 Å². The number of rotatable bonds is 6. The molecule has 0 aliphatic rings. The zero-order valence-electron chi connectivity index (χ0n) is 9.40. The molecule has 0 spiro atoms. The van der Waals surface area contributed by atoms with E-state index in [2.05, 4.69) is 5.32 Å². The summed E-state index contributed by atoms with van der Waals surface area (Å²) >= 11 is 1.65. The number of hydrogen-bond donors (Lipinski definition) is 2. The third kappa shape index (κ3) is 4.24. The van der Waals surface area contributed by atoms with E-state index in [1.54, 1.807) is 11.8 Å². The minimum Gasteiger partial charge on any atom is -0.396 e. The third-order valence-electron chi connectivity index (χ3n) is 2.20. The molecule has 0 atom stereocenters. The zero-order chi connectivity index (χ0) is 11.8. The normalized spacial score (nSPS) is 10.1. The summed E-state index contributed by atoms with van der Waals surface area (Å²) < 4.78 is 0. The molecule has 3 nitrogen and oxygen atoms in total. The van der Waals surface area contributed by atoms with Gasteiger partial charge in [-0.2, -0.15) is 0 Å². The Bertz CT molecular complexity index is 342. The summed E-state index contributed by atoms with van der Waals surface area (Å²) in [6, 6.07) is 7.90. The fourth-order valence-electron chi connectivity index (χ4n) is 1.39. The summed E-state index contributed by atoms with van der Waals surface area (Å²) in [5, 5.41) is 11.4. The van der Waals surface area contributed by atoms with Gasteiger partial charge in [-0.25, -0.2) is 0 Å². The molecule has 1 amide bonds. The Kier molecular flexibility index (Phi) is 5.96. The first-order valence-corrected chi connectivity index (χ1v) is 6.50. The molecule has 1 aromatic rings. The molecular formula is C12H17NO2S. The van der Waals surface area contributed by atoms with Crippen LogP contribution in [0.5, 0.6) is 0 Å². The lowest BCUT2D eigenvalue weighted by Crippen LogP contribution is -2.26. The summed E-state index contributed by atoms with van der Waals surface area (Å²) in [4.78, 5) is 12.7. The van der Waals surface area contributed by atoms with Crippen molar-refractivity contribution in [2.24, 2.45) is 0 Å². The second-order valence-electron chi connectivity index (χ2n) is 3.42. The Labute approximate surface area is 100 Å². The number of carbonyl (C=O) groups is 1. The topological polar surface area (TPSA) is 49.3 Å². The highest BCUT2D eigenvalue weighted by molar-refractivity contribution is 7.98. The van der Waals surface area contributed by atoms with Crippen LogP contribution in [-0.2, 0) is 11.2 Å². The fourth-order valence-corrected chi connectivity index (χ4v) is 2.01. The predicted octanol–water partition coefficient (Wildman–Crippen LogP) is 1.45. The minimum atomic E-state index is 0.00921. The Balaban J connectivity index is 2.49. The Morgan fingerprint density at radius 2 is 2.19 bits per heavy atom. The van der Waals surface area contributed by atoms with Gasteiger partial charge in [0.05, 0.1) is 6.42 Å². The number of aliphatic hydroxyl groups excluding tert-OH is 1. The first-order chi connectivity index (χ1) is 7.77. The van der Waals surface area contributed by atoms with Crippen LogP contribution >= 0.6 is 11.8 Å². The van der Waals surface area contributed by atoms with E-state index in [0.29, 0.717) is 19.4 Å². The van der Waals surface area contributed by atoms with E-state index < -0.39 is 0 Å². The van der Waals surface area contributed by atoms with Gasteiger partial charge in [-0.3, -0.25) is 4.79 Å². The molecule has 0 fully saturated rings. The molecule has 0 saturated carbocycles. The molecule has 16 heavy (non-hydrogen) atoms. The van der Waals surface area contributed by atoms with Crippen molar-refractivity contribution in [3.05, 3.63) is 29.8 Å². The van der Waals surface area contributed by atoms with Crippen molar-refractivity contribution in [3.63, 3.8) is 0 Å². The maximum Gasteiger partial charge on any atom is 0.224 e. The predicted molar refractivity (Wildman–Crippen MR) is 66.6 cm³/mol. The van der Waals surface area contributed by atoms with Gasteiger partial charge >= 0.3 is 0 Å². The van der Waals surface area contributed by atoms with E-state index in [9.17, 15) is 4.79 Å². The molecule has 0 unspecified atom stereocenters. The Hall–Kier alpha value is -1.00. The smallest absolute Gasteiger partial charge is 0.224 e. The van der Waals surface area contributed by atoms with Gasteiger partial charge in [-0.15, -0.1) is 11.8 Å². The molecule has 2 N–H and O–H groups in total. The molecule has 0 aliphatic carbocycles. The van der Waals surface area contributed by atoms with Gasteiger partial charge in [-0.05, 0) is 24.3 Å². The standard InChI is InChI=1S/C12H17NO2S/c1-16-11-6-3-2-5-10(11)9-12(15)13-7-4-8-14/h2-3,5-6,14H,4,7-9H2,1H3,(H,13,15). The maximum absolute atomic E-state index is 11.6. The van der Waals surface area contributed by atoms with Gasteiger partial charge in [-0.1, -0.05) is 18.2 Å². The number of thioether (sulfide) groups is 1. The molecule has 1 aromatic carbocycles. The van der Waals surface area contributed by atoms with E-state index in [1.807, 2.05) is 30.5 Å². The van der Waals surface area contributed by atoms with Crippen LogP contribution in [-0.4, -0.2) is 30.4 Å². The fraction of sp³-hybridized carbons (Fsp3) is 0.417. The number of nitrogens with one attached hydrogen (secondary N) is 1. The van der Waals surface area contributed by atoms with Crippen LogP contribution < -0.4 is 5.32 Å². The third-order valence-corrected chi connectivity index (χ3v) is 3.04. The van der Waals surface area contributed by atoms with Gasteiger partial charge in [0.1, 0.15) is 0 Å². The van der Waals surface area contributed by atoms with Crippen LogP contribution in [0, 0.1) is 0 Å². The highest BCUT2D eigenvalue weighted by atomic mass is 32.2. The van der Waals surface area contributed by atoms with Gasteiger partial charge in [0, 0.05) is 18.0 Å². The summed E-state index contributed by atoms with van der Waals surface area (Å²) in [6.45, 7) is 0.651. The molecule has 4 heteroatoms. The lowest BCUT2D eigenvalue weighted by atomic mass is 10.1. The van der Waals surface area contributed by atoms with E-state index in [1.165, 1.54) is 0 Å². The van der Waals surface area contributed by atoms with Crippen LogP contribution in [0.25, 0.3) is 0 Å². The minimum absolute atomic E-state index is 0.00921. The molecule has 88 valence electrons. The highest BCUT2D eigenvalue weighted by Gasteiger charge is 2.06. The summed E-state index contributed by atoms with van der Waals surface area (Å²) in [6.07, 6.45) is 3.01. The Morgan fingerprint density at radius 3 is 2.88 bits per heavy atom. The van der Waals surface area contributed by atoms with E-state index in [4.69, 9.17) is 5.11 Å². The van der Waals surface area contributed by atoms with Crippen molar-refractivity contribution in [1.82, 2.24) is 5.32 Å². The highest BCUT2D eigenvalue weighted by Crippen LogP contribution is 2.19. The van der Waals surface area contributed by atoms with Crippen LogP contribution in [0.4, 0.5) is 0 Å². The lowest BCUT2D eigenvalue weighted by Gasteiger charge is -2.07. The van der Waals surface area contributed by atoms with Crippen molar-refractivity contribution in [2.75, 3.05) is 19.4 Å². The van der Waals surface area contributed by atoms with Crippen molar-refractivity contribution in [1.29, 1.82) is 0 Å². The number of amides is 1. The average molecular weight is 239 g/mol. The molecule has 0 aliphatic heterocycles. The molecule has 1 rings (SSSR count). The number of aliphatic hydroxyl groups is 1. The molecule has 0 heterocycles.